The molecule has 0 aliphatic carbocycles. The van der Waals surface area contributed by atoms with E-state index in [9.17, 15) is 4.79 Å². The zero-order valence-corrected chi connectivity index (χ0v) is 11.5. The molecule has 1 saturated heterocycles. The van der Waals surface area contributed by atoms with Gasteiger partial charge in [0.2, 0.25) is 5.91 Å². The molecule has 1 atom stereocenters. The molecule has 94 valence electrons. The lowest BCUT2D eigenvalue weighted by molar-refractivity contribution is -0.118. The Balaban J connectivity index is 0.00000225. The Hall–Kier alpha value is -0.540. The molecule has 1 unspecified atom stereocenters. The van der Waals surface area contributed by atoms with Gasteiger partial charge in [-0.05, 0) is 26.2 Å². The third-order valence-electron chi connectivity index (χ3n) is 3.66. The number of hydrogen-bond acceptors (Lipinski definition) is 2. The summed E-state index contributed by atoms with van der Waals surface area (Å²) in [5, 5.41) is 6.52. The van der Waals surface area contributed by atoms with E-state index in [2.05, 4.69) is 38.0 Å². The van der Waals surface area contributed by atoms with Gasteiger partial charge in [-0.1, -0.05) is 27.4 Å². The van der Waals surface area contributed by atoms with Crippen molar-refractivity contribution >= 4 is 18.3 Å². The van der Waals surface area contributed by atoms with Crippen LogP contribution in [0.15, 0.2) is 12.2 Å². The molecule has 0 aromatic heterocycles. The van der Waals surface area contributed by atoms with Crippen molar-refractivity contribution in [2.75, 3.05) is 0 Å². The molecule has 0 aromatic rings. The van der Waals surface area contributed by atoms with E-state index in [0.29, 0.717) is 5.57 Å². The quantitative estimate of drug-likeness (QED) is 0.578. The van der Waals surface area contributed by atoms with Crippen LogP contribution in [0.4, 0.5) is 0 Å². The maximum atomic E-state index is 11.6. The van der Waals surface area contributed by atoms with E-state index >= 15 is 0 Å². The van der Waals surface area contributed by atoms with Crippen LogP contribution in [-0.4, -0.2) is 17.1 Å². The molecule has 1 amide bonds. The second-order valence-electron chi connectivity index (χ2n) is 4.41. The number of nitrogens with one attached hydrogen (secondary N) is 2. The van der Waals surface area contributed by atoms with Gasteiger partial charge in [0.1, 0.15) is 5.66 Å². The summed E-state index contributed by atoms with van der Waals surface area (Å²) in [4.78, 5) is 11.6. The van der Waals surface area contributed by atoms with E-state index in [-0.39, 0.29) is 29.5 Å². The molecule has 4 heteroatoms. The molecular formula is C12H23ClN2O. The van der Waals surface area contributed by atoms with Crippen molar-refractivity contribution in [2.45, 2.75) is 58.2 Å². The summed E-state index contributed by atoms with van der Waals surface area (Å²) in [7, 11) is 0. The largest absolute Gasteiger partial charge is 0.333 e. The number of rotatable bonds is 5. The molecule has 0 radical (unpaired) electrons. The minimum Gasteiger partial charge on any atom is -0.333 e. The highest BCUT2D eigenvalue weighted by molar-refractivity contribution is 5.93. The molecule has 1 rings (SSSR count). The van der Waals surface area contributed by atoms with Gasteiger partial charge in [0.15, 0.2) is 0 Å². The van der Waals surface area contributed by atoms with Crippen molar-refractivity contribution in [3.05, 3.63) is 12.2 Å². The SMILES string of the molecule is C=C(C)C(=O)NC1(CC)NC1(CC)CC.Cl. The third kappa shape index (κ3) is 2.25. The lowest BCUT2D eigenvalue weighted by Gasteiger charge is -2.21. The van der Waals surface area contributed by atoms with Crippen molar-refractivity contribution in [3.8, 4) is 0 Å². The zero-order chi connectivity index (χ0) is 11.7. The Morgan fingerprint density at radius 1 is 1.25 bits per heavy atom. The van der Waals surface area contributed by atoms with Crippen LogP contribution in [-0.2, 0) is 4.79 Å². The summed E-state index contributed by atoms with van der Waals surface area (Å²) in [5.41, 5.74) is 0.456. The Morgan fingerprint density at radius 3 is 2.00 bits per heavy atom. The first-order valence-electron chi connectivity index (χ1n) is 5.74. The van der Waals surface area contributed by atoms with E-state index in [4.69, 9.17) is 0 Å². The highest BCUT2D eigenvalue weighted by Crippen LogP contribution is 2.44. The van der Waals surface area contributed by atoms with Crippen LogP contribution in [0.1, 0.15) is 47.0 Å². The molecule has 1 aliphatic heterocycles. The topological polar surface area (TPSA) is 51.0 Å². The lowest BCUT2D eigenvalue weighted by Crippen LogP contribution is -2.44. The van der Waals surface area contributed by atoms with Crippen molar-refractivity contribution in [3.63, 3.8) is 0 Å². The molecule has 1 aliphatic rings. The highest BCUT2D eigenvalue weighted by atomic mass is 35.5. The highest BCUT2D eigenvalue weighted by Gasteiger charge is 2.64. The standard InChI is InChI=1S/C12H22N2O.ClH/c1-6-11(7-2)12(8-3,14-11)13-10(15)9(4)5;/h14H,4,6-8H2,1-3,5H3,(H,13,15);1H. The minimum absolute atomic E-state index is 0. The van der Waals surface area contributed by atoms with E-state index in [0.717, 1.165) is 19.3 Å². The van der Waals surface area contributed by atoms with Gasteiger partial charge in [0, 0.05) is 5.57 Å². The molecule has 2 N–H and O–H groups in total. The first-order chi connectivity index (χ1) is 6.97. The molecule has 0 saturated carbocycles. The summed E-state index contributed by atoms with van der Waals surface area (Å²) in [6.07, 6.45) is 2.98. The van der Waals surface area contributed by atoms with E-state index in [1.807, 2.05) is 0 Å². The summed E-state index contributed by atoms with van der Waals surface area (Å²) in [6.45, 7) is 11.8. The van der Waals surface area contributed by atoms with E-state index in [1.54, 1.807) is 6.92 Å². The van der Waals surface area contributed by atoms with Crippen LogP contribution < -0.4 is 10.6 Å². The minimum atomic E-state index is -0.202. The lowest BCUT2D eigenvalue weighted by atomic mass is 9.92. The van der Waals surface area contributed by atoms with Crippen LogP contribution in [0.3, 0.4) is 0 Å². The maximum absolute atomic E-state index is 11.6. The van der Waals surface area contributed by atoms with Gasteiger partial charge in [0.25, 0.3) is 0 Å². The van der Waals surface area contributed by atoms with Crippen LogP contribution >= 0.6 is 12.4 Å². The fourth-order valence-electron chi connectivity index (χ4n) is 2.37. The van der Waals surface area contributed by atoms with E-state index < -0.39 is 0 Å². The maximum Gasteiger partial charge on any atom is 0.247 e. The fourth-order valence-corrected chi connectivity index (χ4v) is 2.37. The van der Waals surface area contributed by atoms with E-state index in [1.165, 1.54) is 0 Å². The molecule has 0 spiro atoms. The molecule has 16 heavy (non-hydrogen) atoms. The number of hydrogen-bond donors (Lipinski definition) is 2. The monoisotopic (exact) mass is 246 g/mol. The zero-order valence-electron chi connectivity index (χ0n) is 10.6. The van der Waals surface area contributed by atoms with Gasteiger partial charge in [0.05, 0.1) is 5.54 Å². The molecule has 1 heterocycles. The van der Waals surface area contributed by atoms with Crippen LogP contribution in [0, 0.1) is 0 Å². The van der Waals surface area contributed by atoms with Crippen LogP contribution in [0.5, 0.6) is 0 Å². The number of carbonyl (C=O) groups excluding carboxylic acids is 1. The van der Waals surface area contributed by atoms with Gasteiger partial charge in [-0.15, -0.1) is 12.4 Å². The van der Waals surface area contributed by atoms with Crippen molar-refractivity contribution in [2.24, 2.45) is 0 Å². The summed E-state index contributed by atoms with van der Waals surface area (Å²) >= 11 is 0. The molecule has 0 aromatic carbocycles. The number of amides is 1. The predicted molar refractivity (Wildman–Crippen MR) is 69.7 cm³/mol. The fraction of sp³-hybridized carbons (Fsp3) is 0.750. The first kappa shape index (κ1) is 15.5. The normalized spacial score (nSPS) is 25.5. The molecule has 0 bridgehead atoms. The van der Waals surface area contributed by atoms with Gasteiger partial charge >= 0.3 is 0 Å². The van der Waals surface area contributed by atoms with Crippen molar-refractivity contribution in [1.29, 1.82) is 0 Å². The second kappa shape index (κ2) is 5.19. The first-order valence-corrected chi connectivity index (χ1v) is 5.74. The number of carbonyl (C=O) groups is 1. The van der Waals surface area contributed by atoms with Crippen LogP contribution in [0.2, 0.25) is 0 Å². The Morgan fingerprint density at radius 2 is 1.75 bits per heavy atom. The number of halogens is 1. The average molecular weight is 247 g/mol. The van der Waals surface area contributed by atoms with Gasteiger partial charge in [-0.2, -0.15) is 0 Å². The Kier molecular flexibility index (Phi) is 5.02. The predicted octanol–water partition coefficient (Wildman–Crippen LogP) is 2.37. The molecule has 3 nitrogen and oxygen atoms in total. The molecular weight excluding hydrogens is 224 g/mol. The van der Waals surface area contributed by atoms with Gasteiger partial charge < -0.3 is 5.32 Å². The smallest absolute Gasteiger partial charge is 0.247 e. The average Bonchev–Trinajstić information content (AvgIpc) is 2.87. The third-order valence-corrected chi connectivity index (χ3v) is 3.66. The Labute approximate surface area is 104 Å². The van der Waals surface area contributed by atoms with Gasteiger partial charge in [-0.25, -0.2) is 0 Å². The van der Waals surface area contributed by atoms with Gasteiger partial charge in [-0.3, -0.25) is 10.1 Å². The second-order valence-corrected chi connectivity index (χ2v) is 4.41. The van der Waals surface area contributed by atoms with Crippen molar-refractivity contribution in [1.82, 2.24) is 10.6 Å². The summed E-state index contributed by atoms with van der Waals surface area (Å²) < 4.78 is 0. The summed E-state index contributed by atoms with van der Waals surface area (Å²) in [6, 6.07) is 0. The Bertz CT molecular complexity index is 287. The molecule has 1 fully saturated rings. The van der Waals surface area contributed by atoms with Crippen molar-refractivity contribution < 1.29 is 4.79 Å². The van der Waals surface area contributed by atoms with Crippen LogP contribution in [0.25, 0.3) is 0 Å². The summed E-state index contributed by atoms with van der Waals surface area (Å²) in [5.74, 6) is -0.0480.